The molecule has 1 aliphatic rings. The normalized spacial score (nSPS) is 16.2. The molecule has 3 heterocycles. The predicted octanol–water partition coefficient (Wildman–Crippen LogP) is 1.84. The summed E-state index contributed by atoms with van der Waals surface area (Å²) in [5, 5.41) is 7.38. The molecule has 1 aliphatic heterocycles. The maximum Gasteiger partial charge on any atom is 0.259 e. The summed E-state index contributed by atoms with van der Waals surface area (Å²) in [7, 11) is 0. The number of piperazine rings is 1. The topological polar surface area (TPSA) is 67.1 Å². The molecule has 112 valence electrons. The Bertz CT molecular complexity index is 593. The van der Waals surface area contributed by atoms with Crippen LogP contribution in [0.3, 0.4) is 0 Å². The van der Waals surface area contributed by atoms with Crippen LogP contribution in [0, 0.1) is 0 Å². The maximum atomic E-state index is 5.34. The van der Waals surface area contributed by atoms with Crippen molar-refractivity contribution < 1.29 is 4.52 Å². The lowest BCUT2D eigenvalue weighted by Gasteiger charge is -2.28. The van der Waals surface area contributed by atoms with Gasteiger partial charge in [-0.1, -0.05) is 25.9 Å². The summed E-state index contributed by atoms with van der Waals surface area (Å²) in [5.41, 5.74) is 0.743. The van der Waals surface area contributed by atoms with Gasteiger partial charge in [-0.2, -0.15) is 4.98 Å². The van der Waals surface area contributed by atoms with Gasteiger partial charge in [0, 0.05) is 37.8 Å². The average Bonchev–Trinajstić information content (AvgIpc) is 2.98. The smallest absolute Gasteiger partial charge is 0.259 e. The lowest BCUT2D eigenvalue weighted by atomic mass is 9.96. The fraction of sp³-hybridized carbons (Fsp3) is 0.533. The second kappa shape index (κ2) is 5.44. The summed E-state index contributed by atoms with van der Waals surface area (Å²) in [4.78, 5) is 11.2. The van der Waals surface area contributed by atoms with Crippen molar-refractivity contribution in [2.24, 2.45) is 0 Å². The highest BCUT2D eigenvalue weighted by Crippen LogP contribution is 2.24. The zero-order valence-electron chi connectivity index (χ0n) is 12.8. The van der Waals surface area contributed by atoms with Crippen LogP contribution < -0.4 is 10.2 Å². The molecule has 0 radical (unpaired) electrons. The lowest BCUT2D eigenvalue weighted by molar-refractivity contribution is 0.402. The number of hydrogen-bond donors (Lipinski definition) is 1. The molecule has 0 bridgehead atoms. The fourth-order valence-corrected chi connectivity index (χ4v) is 2.24. The molecular weight excluding hydrogens is 266 g/mol. The van der Waals surface area contributed by atoms with Gasteiger partial charge < -0.3 is 14.7 Å². The highest BCUT2D eigenvalue weighted by atomic mass is 16.5. The van der Waals surface area contributed by atoms with Crippen LogP contribution in [0.2, 0.25) is 0 Å². The number of anilines is 1. The zero-order valence-corrected chi connectivity index (χ0v) is 12.8. The first-order valence-electron chi connectivity index (χ1n) is 7.30. The van der Waals surface area contributed by atoms with Crippen molar-refractivity contribution in [1.29, 1.82) is 0 Å². The minimum absolute atomic E-state index is 0.115. The van der Waals surface area contributed by atoms with Gasteiger partial charge in [0.05, 0.1) is 5.56 Å². The number of nitrogens with one attached hydrogen (secondary N) is 1. The summed E-state index contributed by atoms with van der Waals surface area (Å²) >= 11 is 0. The number of rotatable bonds is 2. The van der Waals surface area contributed by atoms with Gasteiger partial charge >= 0.3 is 0 Å². The van der Waals surface area contributed by atoms with E-state index < -0.39 is 0 Å². The van der Waals surface area contributed by atoms with Gasteiger partial charge in [-0.15, -0.1) is 0 Å². The van der Waals surface area contributed by atoms with Gasteiger partial charge in [0.15, 0.2) is 5.82 Å². The molecule has 0 aliphatic carbocycles. The van der Waals surface area contributed by atoms with Crippen molar-refractivity contribution in [2.45, 2.75) is 26.2 Å². The third kappa shape index (κ3) is 3.05. The third-order valence-electron chi connectivity index (χ3n) is 3.53. The molecule has 1 N–H and O–H groups in total. The van der Waals surface area contributed by atoms with E-state index in [1.165, 1.54) is 0 Å². The molecule has 0 amide bonds. The first kappa shape index (κ1) is 14.0. The first-order chi connectivity index (χ1) is 10.0. The largest absolute Gasteiger partial charge is 0.354 e. The summed E-state index contributed by atoms with van der Waals surface area (Å²) in [6.07, 6.45) is 1.80. The van der Waals surface area contributed by atoms with E-state index in [0.717, 1.165) is 37.6 Å². The van der Waals surface area contributed by atoms with E-state index in [1.54, 1.807) is 6.20 Å². The molecule has 2 aromatic heterocycles. The summed E-state index contributed by atoms with van der Waals surface area (Å²) in [6.45, 7) is 10.2. The predicted molar refractivity (Wildman–Crippen MR) is 81.3 cm³/mol. The Labute approximate surface area is 124 Å². The van der Waals surface area contributed by atoms with Gasteiger partial charge in [-0.25, -0.2) is 4.98 Å². The van der Waals surface area contributed by atoms with Crippen LogP contribution in [0.1, 0.15) is 26.6 Å². The van der Waals surface area contributed by atoms with E-state index in [9.17, 15) is 0 Å². The molecule has 1 saturated heterocycles. The molecule has 0 aromatic carbocycles. The van der Waals surface area contributed by atoms with Crippen molar-refractivity contribution in [2.75, 3.05) is 31.1 Å². The number of hydrogen-bond acceptors (Lipinski definition) is 6. The molecule has 0 unspecified atom stereocenters. The van der Waals surface area contributed by atoms with Crippen LogP contribution in [0.5, 0.6) is 0 Å². The Morgan fingerprint density at radius 2 is 1.95 bits per heavy atom. The number of aromatic nitrogens is 3. The second-order valence-corrected chi connectivity index (χ2v) is 6.32. The van der Waals surface area contributed by atoms with Gasteiger partial charge in [0.1, 0.15) is 5.82 Å². The summed E-state index contributed by atoms with van der Waals surface area (Å²) in [5.74, 6) is 2.23. The van der Waals surface area contributed by atoms with Crippen LogP contribution in [0.15, 0.2) is 22.9 Å². The van der Waals surface area contributed by atoms with Crippen LogP contribution in [0.4, 0.5) is 5.82 Å². The van der Waals surface area contributed by atoms with Crippen LogP contribution >= 0.6 is 0 Å². The van der Waals surface area contributed by atoms with Crippen LogP contribution in [0.25, 0.3) is 11.5 Å². The minimum Gasteiger partial charge on any atom is -0.354 e. The van der Waals surface area contributed by atoms with Crippen LogP contribution in [-0.4, -0.2) is 41.3 Å². The third-order valence-corrected chi connectivity index (χ3v) is 3.53. The van der Waals surface area contributed by atoms with Crippen LogP contribution in [-0.2, 0) is 5.41 Å². The van der Waals surface area contributed by atoms with E-state index in [1.807, 2.05) is 12.1 Å². The Morgan fingerprint density at radius 3 is 2.52 bits per heavy atom. The van der Waals surface area contributed by atoms with E-state index in [0.29, 0.717) is 11.7 Å². The van der Waals surface area contributed by atoms with Crippen molar-refractivity contribution in [1.82, 2.24) is 20.4 Å². The molecule has 21 heavy (non-hydrogen) atoms. The molecule has 2 aromatic rings. The maximum absolute atomic E-state index is 5.34. The second-order valence-electron chi connectivity index (χ2n) is 6.32. The Balaban J connectivity index is 1.79. The van der Waals surface area contributed by atoms with Gasteiger partial charge in [0.2, 0.25) is 0 Å². The summed E-state index contributed by atoms with van der Waals surface area (Å²) < 4.78 is 5.34. The number of nitrogens with zero attached hydrogens (tertiary/aromatic N) is 4. The molecule has 0 atom stereocenters. The van der Waals surface area contributed by atoms with Crippen molar-refractivity contribution in [3.05, 3.63) is 24.2 Å². The van der Waals surface area contributed by atoms with Crippen molar-refractivity contribution in [3.8, 4) is 11.5 Å². The summed E-state index contributed by atoms with van der Waals surface area (Å²) in [6, 6.07) is 4.01. The van der Waals surface area contributed by atoms with E-state index in [-0.39, 0.29) is 5.41 Å². The van der Waals surface area contributed by atoms with Crippen molar-refractivity contribution in [3.63, 3.8) is 0 Å². The molecule has 1 fully saturated rings. The van der Waals surface area contributed by atoms with Gasteiger partial charge in [-0.3, -0.25) is 0 Å². The SMILES string of the molecule is CC(C)(C)c1noc(-c2ccc(N3CCNCC3)nc2)n1. The van der Waals surface area contributed by atoms with Gasteiger partial charge in [-0.05, 0) is 12.1 Å². The molecule has 0 saturated carbocycles. The van der Waals surface area contributed by atoms with E-state index >= 15 is 0 Å². The standard InChI is InChI=1S/C15H21N5O/c1-15(2,3)14-18-13(21-19-14)11-4-5-12(17-10-11)20-8-6-16-7-9-20/h4-5,10,16H,6-9H2,1-3H3. The zero-order chi connectivity index (χ0) is 14.9. The van der Waals surface area contributed by atoms with E-state index in [4.69, 9.17) is 4.52 Å². The fourth-order valence-electron chi connectivity index (χ4n) is 2.24. The monoisotopic (exact) mass is 287 g/mol. The molecular formula is C15H21N5O. The lowest BCUT2D eigenvalue weighted by Crippen LogP contribution is -2.43. The molecule has 0 spiro atoms. The Kier molecular flexibility index (Phi) is 3.63. The molecule has 6 nitrogen and oxygen atoms in total. The average molecular weight is 287 g/mol. The van der Waals surface area contributed by atoms with Gasteiger partial charge in [0.25, 0.3) is 5.89 Å². The minimum atomic E-state index is -0.115. The highest BCUT2D eigenvalue weighted by Gasteiger charge is 2.21. The highest BCUT2D eigenvalue weighted by molar-refractivity contribution is 5.54. The van der Waals surface area contributed by atoms with Crippen molar-refractivity contribution >= 4 is 5.82 Å². The number of pyridine rings is 1. The Morgan fingerprint density at radius 1 is 1.19 bits per heavy atom. The molecule has 3 rings (SSSR count). The van der Waals surface area contributed by atoms with E-state index in [2.05, 4.69) is 46.1 Å². The molecule has 6 heteroatoms. The quantitative estimate of drug-likeness (QED) is 0.909. The first-order valence-corrected chi connectivity index (χ1v) is 7.30. The Hall–Kier alpha value is -1.95.